The van der Waals surface area contributed by atoms with Gasteiger partial charge in [-0.15, -0.1) is 11.8 Å². The normalized spacial score (nSPS) is 11.6. The molecule has 2 rings (SSSR count). The fourth-order valence-electron chi connectivity index (χ4n) is 2.10. The third-order valence-electron chi connectivity index (χ3n) is 2.94. The van der Waals surface area contributed by atoms with Crippen molar-refractivity contribution in [3.63, 3.8) is 0 Å². The van der Waals surface area contributed by atoms with Gasteiger partial charge in [0.15, 0.2) is 5.84 Å². The van der Waals surface area contributed by atoms with Crippen molar-refractivity contribution in [1.29, 1.82) is 0 Å². The lowest BCUT2D eigenvalue weighted by Gasteiger charge is -2.06. The van der Waals surface area contributed by atoms with Crippen molar-refractivity contribution >= 4 is 17.6 Å². The molecule has 0 aliphatic rings. The lowest BCUT2D eigenvalue weighted by atomic mass is 10.1. The van der Waals surface area contributed by atoms with Crippen LogP contribution in [0.3, 0.4) is 0 Å². The third kappa shape index (κ3) is 3.78. The maximum Gasteiger partial charge on any atom is 0.170 e. The van der Waals surface area contributed by atoms with Crippen LogP contribution in [0, 0.1) is 13.8 Å². The predicted molar refractivity (Wildman–Crippen MR) is 84.4 cm³/mol. The summed E-state index contributed by atoms with van der Waals surface area (Å²) < 4.78 is 0. The molecule has 104 valence electrons. The zero-order valence-electron chi connectivity index (χ0n) is 11.6. The van der Waals surface area contributed by atoms with Gasteiger partial charge in [0.1, 0.15) is 0 Å². The number of amidine groups is 1. The van der Waals surface area contributed by atoms with Gasteiger partial charge in [0, 0.05) is 16.2 Å². The molecule has 2 aromatic rings. The molecule has 3 N–H and O–H groups in total. The molecular weight excluding hydrogens is 268 g/mol. The molecule has 0 saturated heterocycles. The standard InChI is InChI=1S/C16H18N2OS/c1-11-7-12(2)9-13(8-11)10-20-15-5-3-14(4-6-15)16(17)18-19/h3-9,19H,10H2,1-2H3,(H2,17,18). The SMILES string of the molecule is Cc1cc(C)cc(CSc2ccc(/C(N)=N/O)cc2)c1. The second-order valence-corrected chi connectivity index (χ2v) is 5.84. The van der Waals surface area contributed by atoms with Gasteiger partial charge < -0.3 is 10.9 Å². The molecule has 20 heavy (non-hydrogen) atoms. The van der Waals surface area contributed by atoms with E-state index in [4.69, 9.17) is 10.9 Å². The Balaban J connectivity index is 2.04. The molecule has 0 saturated carbocycles. The third-order valence-corrected chi connectivity index (χ3v) is 4.03. The van der Waals surface area contributed by atoms with Crippen LogP contribution in [0.25, 0.3) is 0 Å². The van der Waals surface area contributed by atoms with Gasteiger partial charge in [-0.25, -0.2) is 0 Å². The number of hydrogen-bond acceptors (Lipinski definition) is 3. The number of thioether (sulfide) groups is 1. The minimum absolute atomic E-state index is 0.135. The summed E-state index contributed by atoms with van der Waals surface area (Å²) in [6.45, 7) is 4.24. The van der Waals surface area contributed by atoms with Crippen molar-refractivity contribution in [2.75, 3.05) is 0 Å². The van der Waals surface area contributed by atoms with E-state index in [-0.39, 0.29) is 5.84 Å². The van der Waals surface area contributed by atoms with Gasteiger partial charge in [-0.1, -0.05) is 46.6 Å². The van der Waals surface area contributed by atoms with Crippen LogP contribution in [0.15, 0.2) is 52.5 Å². The quantitative estimate of drug-likeness (QED) is 0.296. The zero-order chi connectivity index (χ0) is 14.5. The topological polar surface area (TPSA) is 58.6 Å². The highest BCUT2D eigenvalue weighted by atomic mass is 32.2. The van der Waals surface area contributed by atoms with Crippen molar-refractivity contribution in [1.82, 2.24) is 0 Å². The summed E-state index contributed by atoms with van der Waals surface area (Å²) in [6, 6.07) is 14.3. The van der Waals surface area contributed by atoms with Gasteiger partial charge in [-0.05, 0) is 31.5 Å². The van der Waals surface area contributed by atoms with Gasteiger partial charge in [0.2, 0.25) is 0 Å². The summed E-state index contributed by atoms with van der Waals surface area (Å²) in [7, 11) is 0. The molecular formula is C16H18N2OS. The van der Waals surface area contributed by atoms with E-state index in [1.807, 2.05) is 24.3 Å². The van der Waals surface area contributed by atoms with E-state index < -0.39 is 0 Å². The van der Waals surface area contributed by atoms with Gasteiger partial charge in [-0.2, -0.15) is 0 Å². The second kappa shape index (κ2) is 6.48. The molecule has 0 unspecified atom stereocenters. The van der Waals surface area contributed by atoms with E-state index in [1.165, 1.54) is 21.6 Å². The Morgan fingerprint density at radius 2 is 1.70 bits per heavy atom. The summed E-state index contributed by atoms with van der Waals surface area (Å²) in [4.78, 5) is 1.17. The van der Waals surface area contributed by atoms with Crippen molar-refractivity contribution in [3.05, 3.63) is 64.7 Å². The fraction of sp³-hybridized carbons (Fsp3) is 0.188. The summed E-state index contributed by atoms with van der Waals surface area (Å²) in [5.41, 5.74) is 10.2. The summed E-state index contributed by atoms with van der Waals surface area (Å²) in [5.74, 6) is 1.07. The molecule has 0 aromatic heterocycles. The Bertz CT molecular complexity index is 601. The zero-order valence-corrected chi connectivity index (χ0v) is 12.4. The summed E-state index contributed by atoms with van der Waals surface area (Å²) >= 11 is 1.78. The van der Waals surface area contributed by atoms with Crippen LogP contribution in [0.2, 0.25) is 0 Å². The Morgan fingerprint density at radius 1 is 1.10 bits per heavy atom. The predicted octanol–water partition coefficient (Wildman–Crippen LogP) is 3.69. The molecule has 3 nitrogen and oxygen atoms in total. The molecule has 0 bridgehead atoms. The van der Waals surface area contributed by atoms with Gasteiger partial charge in [0.25, 0.3) is 0 Å². The number of nitrogens with two attached hydrogens (primary N) is 1. The largest absolute Gasteiger partial charge is 0.409 e. The fourth-order valence-corrected chi connectivity index (χ4v) is 2.93. The lowest BCUT2D eigenvalue weighted by Crippen LogP contribution is -2.12. The van der Waals surface area contributed by atoms with E-state index >= 15 is 0 Å². The lowest BCUT2D eigenvalue weighted by molar-refractivity contribution is 0.318. The van der Waals surface area contributed by atoms with E-state index in [1.54, 1.807) is 11.8 Å². The molecule has 0 amide bonds. The second-order valence-electron chi connectivity index (χ2n) is 4.79. The van der Waals surface area contributed by atoms with Crippen LogP contribution in [-0.2, 0) is 5.75 Å². The minimum Gasteiger partial charge on any atom is -0.409 e. The summed E-state index contributed by atoms with van der Waals surface area (Å²) in [6.07, 6.45) is 0. The molecule has 0 atom stereocenters. The first kappa shape index (κ1) is 14.5. The Labute approximate surface area is 123 Å². The minimum atomic E-state index is 0.135. The molecule has 0 heterocycles. The van der Waals surface area contributed by atoms with Gasteiger partial charge >= 0.3 is 0 Å². The van der Waals surface area contributed by atoms with Crippen molar-refractivity contribution in [3.8, 4) is 0 Å². The average Bonchev–Trinajstić information content (AvgIpc) is 2.44. The van der Waals surface area contributed by atoms with E-state index in [0.717, 1.165) is 11.3 Å². The molecule has 0 fully saturated rings. The molecule has 4 heteroatoms. The van der Waals surface area contributed by atoms with Crippen LogP contribution in [0.1, 0.15) is 22.3 Å². The number of oxime groups is 1. The van der Waals surface area contributed by atoms with Crippen LogP contribution in [0.5, 0.6) is 0 Å². The smallest absolute Gasteiger partial charge is 0.170 e. The molecule has 2 aromatic carbocycles. The number of aryl methyl sites for hydroxylation is 2. The van der Waals surface area contributed by atoms with E-state index in [0.29, 0.717) is 0 Å². The maximum atomic E-state index is 8.62. The number of nitrogens with zero attached hydrogens (tertiary/aromatic N) is 1. The Morgan fingerprint density at radius 3 is 2.25 bits per heavy atom. The first-order valence-electron chi connectivity index (χ1n) is 6.36. The van der Waals surface area contributed by atoms with Gasteiger partial charge in [-0.3, -0.25) is 0 Å². The highest BCUT2D eigenvalue weighted by molar-refractivity contribution is 7.98. The average molecular weight is 286 g/mol. The van der Waals surface area contributed by atoms with Gasteiger partial charge in [0.05, 0.1) is 0 Å². The molecule has 0 radical (unpaired) electrons. The number of hydrogen-bond donors (Lipinski definition) is 2. The monoisotopic (exact) mass is 286 g/mol. The Kier molecular flexibility index (Phi) is 4.69. The van der Waals surface area contributed by atoms with Crippen LogP contribution >= 0.6 is 11.8 Å². The molecule has 0 aliphatic heterocycles. The van der Waals surface area contributed by atoms with E-state index in [9.17, 15) is 0 Å². The highest BCUT2D eigenvalue weighted by Crippen LogP contribution is 2.24. The van der Waals surface area contributed by atoms with Crippen LogP contribution in [-0.4, -0.2) is 11.0 Å². The van der Waals surface area contributed by atoms with Crippen molar-refractivity contribution in [2.45, 2.75) is 24.5 Å². The molecule has 0 aliphatic carbocycles. The number of benzene rings is 2. The highest BCUT2D eigenvalue weighted by Gasteiger charge is 2.01. The van der Waals surface area contributed by atoms with Crippen molar-refractivity contribution < 1.29 is 5.21 Å². The maximum absolute atomic E-state index is 8.62. The van der Waals surface area contributed by atoms with E-state index in [2.05, 4.69) is 37.2 Å². The van der Waals surface area contributed by atoms with Crippen LogP contribution in [0.4, 0.5) is 0 Å². The van der Waals surface area contributed by atoms with Crippen molar-refractivity contribution in [2.24, 2.45) is 10.9 Å². The number of rotatable bonds is 4. The first-order valence-corrected chi connectivity index (χ1v) is 7.35. The molecule has 0 spiro atoms. The Hall–Kier alpha value is -1.94. The van der Waals surface area contributed by atoms with Crippen LogP contribution < -0.4 is 5.73 Å². The summed E-state index contributed by atoms with van der Waals surface area (Å²) in [5, 5.41) is 11.6. The first-order chi connectivity index (χ1) is 9.58.